The van der Waals surface area contributed by atoms with E-state index in [-0.39, 0.29) is 5.91 Å². The maximum atomic E-state index is 16.7. The Balaban J connectivity index is 2.30. The van der Waals surface area contributed by atoms with Crippen LogP contribution in [0.1, 0.15) is 48.5 Å². The number of anilines is 2. The van der Waals surface area contributed by atoms with E-state index in [0.717, 1.165) is 0 Å². The lowest BCUT2D eigenvalue weighted by atomic mass is 10.2. The van der Waals surface area contributed by atoms with Crippen LogP contribution in [0.5, 0.6) is 5.75 Å². The number of pyridine rings is 2. The molecule has 0 aliphatic heterocycles. The van der Waals surface area contributed by atoms with Gasteiger partial charge in [-0.1, -0.05) is 41.5 Å². The van der Waals surface area contributed by atoms with Gasteiger partial charge in [0.1, 0.15) is 17.6 Å². The first-order valence-corrected chi connectivity index (χ1v) is 11.9. The Kier molecular flexibility index (Phi) is 6.91. The zero-order chi connectivity index (χ0) is 22.7. The first kappa shape index (κ1) is 23.8. The highest BCUT2D eigenvalue weighted by molar-refractivity contribution is 6.91. The molecular formula is C22H33FN4O2Si. The van der Waals surface area contributed by atoms with Gasteiger partial charge in [-0.15, -0.1) is 0 Å². The number of carbonyl (C=O) groups is 1. The van der Waals surface area contributed by atoms with Gasteiger partial charge in [-0.25, -0.2) is 4.98 Å². The van der Waals surface area contributed by atoms with Gasteiger partial charge in [0.2, 0.25) is 5.91 Å². The Morgan fingerprint density at radius 2 is 1.80 bits per heavy atom. The van der Waals surface area contributed by atoms with E-state index in [1.807, 2.05) is 41.5 Å². The Morgan fingerprint density at radius 3 is 2.30 bits per heavy atom. The smallest absolute Gasteiger partial charge is 0.293 e. The molecule has 8 heteroatoms. The minimum absolute atomic E-state index is 0.230. The molecular weight excluding hydrogens is 399 g/mol. The van der Waals surface area contributed by atoms with Crippen molar-refractivity contribution in [3.8, 4) is 5.75 Å². The maximum absolute atomic E-state index is 16.7. The third kappa shape index (κ3) is 4.80. The van der Waals surface area contributed by atoms with Crippen LogP contribution in [-0.4, -0.2) is 37.4 Å². The zero-order valence-electron chi connectivity index (χ0n) is 19.1. The molecule has 1 atom stereocenters. The van der Waals surface area contributed by atoms with Crippen molar-refractivity contribution >= 4 is 31.0 Å². The summed E-state index contributed by atoms with van der Waals surface area (Å²) in [6.07, 6.45) is 4.78. The third-order valence-corrected chi connectivity index (χ3v) is 10.5. The van der Waals surface area contributed by atoms with Gasteiger partial charge in [0.15, 0.2) is 0 Å². The molecule has 2 rings (SSSR count). The molecule has 2 N–H and O–H groups in total. The van der Waals surface area contributed by atoms with E-state index in [1.165, 1.54) is 7.11 Å². The number of ether oxygens (including phenoxy) is 1. The van der Waals surface area contributed by atoms with Gasteiger partial charge in [-0.2, -0.15) is 0 Å². The fourth-order valence-electron chi connectivity index (χ4n) is 3.85. The molecule has 2 aromatic heterocycles. The molecule has 0 radical (unpaired) electrons. The molecule has 0 aromatic carbocycles. The second-order valence-corrected chi connectivity index (χ2v) is 14.4. The van der Waals surface area contributed by atoms with Crippen LogP contribution in [-0.2, 0) is 4.79 Å². The third-order valence-electron chi connectivity index (χ3n) is 5.21. The van der Waals surface area contributed by atoms with Crippen molar-refractivity contribution in [3.05, 3.63) is 36.8 Å². The number of nitrogens with one attached hydrogen (secondary N) is 2. The predicted molar refractivity (Wildman–Crippen MR) is 123 cm³/mol. The number of methoxy groups -OCH3 is 1. The first-order valence-electron chi connectivity index (χ1n) is 10.0. The Labute approximate surface area is 179 Å². The molecule has 2 heterocycles. The summed E-state index contributed by atoms with van der Waals surface area (Å²) in [5.41, 5.74) is 0.612. The van der Waals surface area contributed by atoms with Gasteiger partial charge in [-0.05, 0) is 29.1 Å². The normalized spacial score (nSPS) is 13.5. The quantitative estimate of drug-likeness (QED) is 0.513. The molecule has 2 aromatic rings. The Morgan fingerprint density at radius 1 is 1.17 bits per heavy atom. The van der Waals surface area contributed by atoms with Gasteiger partial charge >= 0.3 is 0 Å². The molecule has 0 spiro atoms. The number of nitrogens with zero attached hydrogens (tertiary/aromatic N) is 2. The van der Waals surface area contributed by atoms with Crippen LogP contribution in [0.25, 0.3) is 0 Å². The molecule has 0 fully saturated rings. The van der Waals surface area contributed by atoms with Gasteiger partial charge in [-0.3, -0.25) is 9.78 Å². The average molecular weight is 433 g/mol. The SMILES string of the molecule is COc1cc(NC(C)C(=O)Nc2cccnc2)ncc1[Si](F)(C(C)(C)C)C(C)(C)C. The molecule has 1 unspecified atom stereocenters. The maximum Gasteiger partial charge on any atom is 0.293 e. The number of carbonyl (C=O) groups excluding carboxylic acids is 1. The molecule has 0 aliphatic carbocycles. The number of amides is 1. The molecule has 6 nitrogen and oxygen atoms in total. The predicted octanol–water partition coefficient (Wildman–Crippen LogP) is 4.65. The molecule has 164 valence electrons. The fourth-order valence-corrected chi connectivity index (χ4v) is 8.47. The average Bonchev–Trinajstić information content (AvgIpc) is 2.66. The van der Waals surface area contributed by atoms with Crippen LogP contribution in [0.4, 0.5) is 15.6 Å². The highest BCUT2D eigenvalue weighted by atomic mass is 28.4. The summed E-state index contributed by atoms with van der Waals surface area (Å²) in [6.45, 7) is 13.3. The summed E-state index contributed by atoms with van der Waals surface area (Å²) in [6, 6.07) is 4.61. The molecule has 30 heavy (non-hydrogen) atoms. The van der Waals surface area contributed by atoms with Crippen molar-refractivity contribution in [3.63, 3.8) is 0 Å². The summed E-state index contributed by atoms with van der Waals surface area (Å²) in [4.78, 5) is 20.8. The second-order valence-electron chi connectivity index (χ2n) is 9.53. The minimum Gasteiger partial charge on any atom is -0.497 e. The molecule has 0 bridgehead atoms. The van der Waals surface area contributed by atoms with Crippen LogP contribution in [0.2, 0.25) is 10.1 Å². The van der Waals surface area contributed by atoms with E-state index in [2.05, 4.69) is 20.6 Å². The van der Waals surface area contributed by atoms with Crippen LogP contribution < -0.4 is 20.6 Å². The van der Waals surface area contributed by atoms with E-state index in [0.29, 0.717) is 22.4 Å². The number of hydrogen-bond acceptors (Lipinski definition) is 5. The lowest BCUT2D eigenvalue weighted by Gasteiger charge is -2.45. The summed E-state index contributed by atoms with van der Waals surface area (Å²) in [7, 11) is -2.00. The largest absolute Gasteiger partial charge is 0.497 e. The van der Waals surface area contributed by atoms with E-state index in [9.17, 15) is 4.79 Å². The van der Waals surface area contributed by atoms with Crippen molar-refractivity contribution in [2.24, 2.45) is 0 Å². The minimum atomic E-state index is -3.53. The van der Waals surface area contributed by atoms with Crippen LogP contribution >= 0.6 is 0 Å². The van der Waals surface area contributed by atoms with Gasteiger partial charge in [0, 0.05) is 23.6 Å². The van der Waals surface area contributed by atoms with Crippen molar-refractivity contribution in [1.29, 1.82) is 0 Å². The Bertz CT molecular complexity index is 865. The van der Waals surface area contributed by atoms with Crippen molar-refractivity contribution in [2.45, 2.75) is 64.6 Å². The lowest BCUT2D eigenvalue weighted by Crippen LogP contribution is -2.58. The Hall–Kier alpha value is -2.48. The van der Waals surface area contributed by atoms with E-state index < -0.39 is 24.5 Å². The zero-order valence-corrected chi connectivity index (χ0v) is 20.1. The van der Waals surface area contributed by atoms with Crippen LogP contribution in [0.15, 0.2) is 36.8 Å². The van der Waals surface area contributed by atoms with Crippen molar-refractivity contribution in [1.82, 2.24) is 9.97 Å². The highest BCUT2D eigenvalue weighted by Crippen LogP contribution is 2.52. The summed E-state index contributed by atoms with van der Waals surface area (Å²) in [5.74, 6) is 0.668. The molecule has 0 saturated carbocycles. The highest BCUT2D eigenvalue weighted by Gasteiger charge is 2.58. The molecule has 1 amide bonds. The molecule has 0 aliphatic rings. The monoisotopic (exact) mass is 432 g/mol. The lowest BCUT2D eigenvalue weighted by molar-refractivity contribution is -0.116. The van der Waals surface area contributed by atoms with Crippen LogP contribution in [0, 0.1) is 0 Å². The van der Waals surface area contributed by atoms with E-state index in [4.69, 9.17) is 4.74 Å². The topological polar surface area (TPSA) is 76.1 Å². The number of halogens is 1. The van der Waals surface area contributed by atoms with Gasteiger partial charge in [0.05, 0.1) is 19.0 Å². The van der Waals surface area contributed by atoms with Crippen molar-refractivity contribution < 1.29 is 13.6 Å². The fraction of sp³-hybridized carbons (Fsp3) is 0.500. The second kappa shape index (κ2) is 8.71. The molecule has 0 saturated heterocycles. The standard InChI is InChI=1S/C22H33FN4O2Si/c1-15(20(28)27-16-10-9-11-24-13-16)26-19-12-17(29-8)18(14-25-19)30(23,21(2,3)4)22(5,6)7/h9-15H,1-8H3,(H,25,26)(H,27,28). The number of aromatic nitrogens is 2. The summed E-state index contributed by atoms with van der Waals surface area (Å²) >= 11 is 0. The first-order chi connectivity index (χ1) is 13.8. The number of hydrogen-bond donors (Lipinski definition) is 2. The summed E-state index contributed by atoms with van der Waals surface area (Å²) in [5, 5.41) is 5.28. The van der Waals surface area contributed by atoms with Gasteiger partial charge < -0.3 is 19.5 Å². The van der Waals surface area contributed by atoms with Crippen LogP contribution in [0.3, 0.4) is 0 Å². The van der Waals surface area contributed by atoms with E-state index in [1.54, 1.807) is 43.7 Å². The number of rotatable bonds is 6. The van der Waals surface area contributed by atoms with Crippen molar-refractivity contribution in [2.75, 3.05) is 17.7 Å². The van der Waals surface area contributed by atoms with Gasteiger partial charge in [0.25, 0.3) is 8.41 Å². The summed E-state index contributed by atoms with van der Waals surface area (Å²) < 4.78 is 22.2. The van der Waals surface area contributed by atoms with E-state index >= 15 is 4.11 Å².